The van der Waals surface area contributed by atoms with Crippen LogP contribution in [0.25, 0.3) is 0 Å². The van der Waals surface area contributed by atoms with Gasteiger partial charge in [0.25, 0.3) is 0 Å². The van der Waals surface area contributed by atoms with Crippen molar-refractivity contribution in [2.75, 3.05) is 109 Å². The third kappa shape index (κ3) is 23.8. The summed E-state index contributed by atoms with van der Waals surface area (Å²) in [6, 6.07) is -24.1. The number of carbonyl (C=O) groups is 4. The van der Waals surface area contributed by atoms with Crippen LogP contribution in [0.3, 0.4) is 0 Å². The highest BCUT2D eigenvalue weighted by Gasteiger charge is 2.47. The fourth-order valence-electron chi connectivity index (χ4n) is 12.5. The number of fused-ring (bicyclic) bond motifs is 12. The van der Waals surface area contributed by atoms with E-state index in [1.54, 1.807) is 0 Å². The Morgan fingerprint density at radius 2 is 0.558 bits per heavy atom. The molecule has 20 atom stereocenters. The first-order valence-electron chi connectivity index (χ1n) is 69.3. The molecule has 4 aromatic rings. The van der Waals surface area contributed by atoms with Gasteiger partial charge in [0, 0.05) is 186 Å². The molecular weight excluding hydrogens is 1520 g/mol. The van der Waals surface area contributed by atoms with Crippen molar-refractivity contribution in [3.8, 4) is 46.0 Å². The van der Waals surface area contributed by atoms with Gasteiger partial charge >= 0.3 is 23.9 Å². The highest BCUT2D eigenvalue weighted by Crippen LogP contribution is 2.50. The van der Waals surface area contributed by atoms with Crippen LogP contribution in [-0.2, 0) is 63.8 Å². The minimum atomic E-state index is -3.88. The number of esters is 4. The lowest BCUT2D eigenvalue weighted by Gasteiger charge is -2.47. The fraction of sp³-hybridized carbons (Fsp3) is 0.708. The molecule has 8 heterocycles. The van der Waals surface area contributed by atoms with Crippen LogP contribution in [-0.4, -0.2) is 201 Å². The van der Waals surface area contributed by atoms with E-state index < -0.39 is 406 Å². The Morgan fingerprint density at radius 3 is 0.733 bits per heavy atom. The maximum Gasteiger partial charge on any atom is 0.323 e. The second kappa shape index (κ2) is 43.9. The Bertz CT molecular complexity index is 6690. The largest absolute Gasteiger partial charge is 0.493 e. The van der Waals surface area contributed by atoms with Crippen LogP contribution in [0.1, 0.15) is 315 Å². The summed E-state index contributed by atoms with van der Waals surface area (Å²) in [6.45, 7) is -16.9. The summed E-state index contributed by atoms with van der Waals surface area (Å²) in [5.74, 6) is -40.7. The number of hydrogen-bond donors (Lipinski definition) is 4. The van der Waals surface area contributed by atoms with Crippen LogP contribution >= 0.6 is 0 Å². The summed E-state index contributed by atoms with van der Waals surface area (Å²) in [5, 5.41) is 0. The molecule has 0 radical (unpaired) electrons. The maximum absolute atomic E-state index is 13.3. The maximum atomic E-state index is 13.3. The van der Waals surface area contributed by atoms with Crippen LogP contribution in [0.4, 0.5) is 0 Å². The Labute approximate surface area is 805 Å². The standard InChI is InChI=1S/4C24H38N2O4/c4*1-14(2)9-17-13-26-8-7-16-10-21(28-5)22(29-6)11-18(16)19(26)12-20(17)30-24(27)23(25)15(3)4/h4*10-11,14-15,17,19-20,23H,7-9,12-13,25H2,1-6H3/t4*17?,19?,20?,23-/m0000/s1/i2*1D3,5D3,9D2,10D,11D,12D2,13D2,14D,17D,19D;2*1D3,9D2,10D,11D,12D2,13D2,14D,17D,19D/t4*14?,17?,19?,20?,23-. The van der Waals surface area contributed by atoms with Gasteiger partial charge in [-0.15, -0.1) is 0 Å². The van der Waals surface area contributed by atoms with Gasteiger partial charge in [-0.05, 0) is 191 Å². The molecule has 0 aliphatic carbocycles. The minimum absolute atomic E-state index is 0.0872. The smallest absolute Gasteiger partial charge is 0.323 e. The molecule has 0 spiro atoms. The lowest BCUT2D eigenvalue weighted by molar-refractivity contribution is -0.161. The summed E-state index contributed by atoms with van der Waals surface area (Å²) < 4.78 is 602. The van der Waals surface area contributed by atoms with Gasteiger partial charge in [0.05, 0.1) is 81.4 Å². The number of methoxy groups -OCH3 is 8. The number of benzene rings is 4. The summed E-state index contributed by atoms with van der Waals surface area (Å²) >= 11 is 0. The number of hydrogen-bond acceptors (Lipinski definition) is 24. The van der Waals surface area contributed by atoms with Gasteiger partial charge in [-0.2, -0.15) is 0 Å². The number of ether oxygens (including phenoxy) is 12. The number of nitrogens with two attached hydrogens (primary N) is 4. The van der Waals surface area contributed by atoms with Crippen molar-refractivity contribution in [1.82, 2.24) is 19.6 Å². The average molecular weight is 1740 g/mol. The molecule has 0 saturated carbocycles. The predicted octanol–water partition coefficient (Wildman–Crippen LogP) is 14.3. The molecule has 0 aromatic heterocycles. The summed E-state index contributed by atoms with van der Waals surface area (Å²) in [7, 11) is 0.355. The van der Waals surface area contributed by atoms with Crippen molar-refractivity contribution in [3.63, 3.8) is 0 Å². The van der Waals surface area contributed by atoms with Crippen LogP contribution in [0.15, 0.2) is 48.3 Å². The zero-order valence-corrected chi connectivity index (χ0v) is 70.2. The van der Waals surface area contributed by atoms with E-state index >= 15 is 0 Å². The van der Waals surface area contributed by atoms with E-state index in [1.807, 2.05) is 0 Å². The van der Waals surface area contributed by atoms with Gasteiger partial charge in [-0.25, -0.2) is 0 Å². The van der Waals surface area contributed by atoms with Crippen molar-refractivity contribution < 1.29 is 161 Å². The summed E-state index contributed by atoms with van der Waals surface area (Å²) in [6.07, 6.45) is -43.1. The van der Waals surface area contributed by atoms with E-state index in [0.717, 1.165) is 28.4 Å². The third-order valence-corrected chi connectivity index (χ3v) is 19.2. The minimum Gasteiger partial charge on any atom is -0.493 e. The molecule has 672 valence electrons. The van der Waals surface area contributed by atoms with Gasteiger partial charge < -0.3 is 79.8 Å². The van der Waals surface area contributed by atoms with E-state index in [2.05, 4.69) is 0 Å². The summed E-state index contributed by atoms with van der Waals surface area (Å²) in [5.41, 5.74) is 20.2. The van der Waals surface area contributed by atoms with E-state index in [-0.39, 0.29) is 70.2 Å². The molecule has 24 nitrogen and oxygen atoms in total. The van der Waals surface area contributed by atoms with Crippen LogP contribution in [0.5, 0.6) is 46.0 Å². The first kappa shape index (κ1) is 42.2. The molecule has 16 unspecified atom stereocenters. The van der Waals surface area contributed by atoms with Gasteiger partial charge in [-0.1, -0.05) is 110 Å². The molecule has 24 heteroatoms. The number of piperidine rings is 4. The van der Waals surface area contributed by atoms with E-state index in [4.69, 9.17) is 132 Å². The molecule has 8 N–H and O–H groups in total. The van der Waals surface area contributed by atoms with Crippen LogP contribution < -0.4 is 60.8 Å². The molecule has 8 aliphatic rings. The second-order valence-electron chi connectivity index (χ2n) is 29.5. The monoisotopic (exact) mass is 1740 g/mol. The first-order valence-corrected chi connectivity index (χ1v) is 38.3. The van der Waals surface area contributed by atoms with Crippen molar-refractivity contribution in [1.29, 1.82) is 0 Å². The van der Waals surface area contributed by atoms with Crippen LogP contribution in [0.2, 0.25) is 0 Å². The van der Waals surface area contributed by atoms with E-state index in [1.165, 1.54) is 69.6 Å². The lowest BCUT2D eigenvalue weighted by Crippen LogP contribution is -2.51. The average Bonchev–Trinajstić information content (AvgIpc) is 0.659. The number of nitrogens with zero attached hydrogens (tertiary/aromatic N) is 4. The SMILES string of the molecule is [2H]c1c2c(c([2H])c(OC)c1OC([2H])([2H])[2H])C1([2H])N(CC2)C([2H])([2H])C([2H])(C([2H])([2H])C([2H])(C)C([2H])([2H])[2H])C(OC(=O)[C@@H](N)C(C)C)C1([2H])[2H].[2H]c1c2c(c([2H])c(OC)c1OC([2H])([2H])[2H])C1([2H])N(CC2)C([2H])([2H])C([2H])(C([2H])([2H])C([2H])(C)C([2H])([2H])[2H])C(OC(=O)[C@@H](N)C(C)C)C1([2H])[2H].[2H]c1c2c(c([2H])c(OC)c1OC)C1([2H])N(CC2)C([2H])([2H])C([2H])(C([2H])([2H])C([2H])(C)C([2H])([2H])[2H])C(OC(=O)[C@@H](N)C(C)C)C1([2H])[2H].[2H]c1c2c(c([2H])c(OC)c1OC)C1([2H])N(CC2)C([2H])([2H])C([2H])(C([2H])([2H])C([2H])(C)C([2H])([2H])[2H])C(OC(=O)[C@@H](N)C(C)C)C1([2H])[2H]. The first-order chi connectivity index (χ1) is 81.0. The molecule has 4 fully saturated rings. The molecule has 4 aromatic carbocycles. The fourth-order valence-corrected chi connectivity index (χ4v) is 12.5. The van der Waals surface area contributed by atoms with Crippen molar-refractivity contribution in [2.45, 2.75) is 260 Å². The highest BCUT2D eigenvalue weighted by atomic mass is 16.6. The number of carbonyl (C=O) groups excluding carboxylic acids is 4. The van der Waals surface area contributed by atoms with Crippen molar-refractivity contribution in [3.05, 3.63) is 92.8 Å². The molecule has 12 rings (SSSR count). The summed E-state index contributed by atoms with van der Waals surface area (Å²) in [4.78, 5) is 54.8. The quantitative estimate of drug-likeness (QED) is 0.0303. The highest BCUT2D eigenvalue weighted by molar-refractivity contribution is 5.77. The normalized spacial score (nSPS) is 43.8. The number of rotatable bonds is 28. The van der Waals surface area contributed by atoms with E-state index in [0.29, 0.717) is 47.3 Å². The van der Waals surface area contributed by atoms with E-state index in [9.17, 15) is 52.1 Å². The topological polar surface area (TPSA) is 296 Å². The Morgan fingerprint density at radius 1 is 0.367 bits per heavy atom. The second-order valence-corrected chi connectivity index (χ2v) is 29.5. The molecule has 0 amide bonds. The van der Waals surface area contributed by atoms with Gasteiger partial charge in [0.1, 0.15) is 48.6 Å². The zero-order valence-electron chi connectivity index (χ0n) is 132. The predicted molar refractivity (Wildman–Crippen MR) is 471 cm³/mol. The Balaban J connectivity index is 0.000000265. The van der Waals surface area contributed by atoms with Crippen LogP contribution in [0, 0.1) is 70.8 Å². The molecule has 0 bridgehead atoms. The zero-order chi connectivity index (χ0) is 143. The Kier molecular flexibility index (Phi) is 15.5. The third-order valence-electron chi connectivity index (χ3n) is 19.2. The molecular formula is C96H152N8O16. The Hall–Kier alpha value is -7.16. The molecule has 8 aliphatic heterocycles. The van der Waals surface area contributed by atoms with Gasteiger partial charge in [0.15, 0.2) is 46.0 Å². The van der Waals surface area contributed by atoms with Gasteiger partial charge in [-0.3, -0.25) is 38.8 Å². The van der Waals surface area contributed by atoms with Gasteiger partial charge in [0.2, 0.25) is 0 Å². The lowest BCUT2D eigenvalue weighted by atomic mass is 9.79. The van der Waals surface area contributed by atoms with Crippen molar-refractivity contribution in [2.24, 2.45) is 93.8 Å². The molecule has 120 heavy (non-hydrogen) atoms. The molecule has 4 saturated heterocycles. The van der Waals surface area contributed by atoms with Crippen molar-refractivity contribution >= 4 is 23.9 Å².